The summed E-state index contributed by atoms with van der Waals surface area (Å²) in [6.45, 7) is 2.09. The highest BCUT2D eigenvalue weighted by molar-refractivity contribution is 6.08. The van der Waals surface area contributed by atoms with E-state index in [1.54, 1.807) is 0 Å². The van der Waals surface area contributed by atoms with Crippen molar-refractivity contribution in [1.82, 2.24) is 19.5 Å². The number of fused-ring (bicyclic) bond motifs is 2. The van der Waals surface area contributed by atoms with Gasteiger partial charge in [0.1, 0.15) is 23.3 Å². The van der Waals surface area contributed by atoms with Gasteiger partial charge in [-0.15, -0.1) is 0 Å². The molecular weight excluding hydrogens is 1060 g/mol. The van der Waals surface area contributed by atoms with Crippen molar-refractivity contribution < 1.29 is 0 Å². The number of rotatable bonds is 18. The number of aryl methyl sites for hydroxylation is 1. The van der Waals surface area contributed by atoms with Crippen LogP contribution < -0.4 is 20.0 Å². The Balaban J connectivity index is 0.000000180. The molecular formula is C78H67N9. The summed E-state index contributed by atoms with van der Waals surface area (Å²) in [5.41, 5.74) is 14.4. The van der Waals surface area contributed by atoms with Crippen LogP contribution in [-0.2, 0) is 6.42 Å². The van der Waals surface area contributed by atoms with Crippen molar-refractivity contribution in [2.75, 3.05) is 20.0 Å². The van der Waals surface area contributed by atoms with Gasteiger partial charge in [-0.3, -0.25) is 14.7 Å². The number of aliphatic imine (C=N–C) groups is 1. The van der Waals surface area contributed by atoms with Crippen LogP contribution in [0, 0.1) is 11.8 Å². The molecule has 11 aromatic rings. The van der Waals surface area contributed by atoms with E-state index in [0.29, 0.717) is 5.92 Å². The van der Waals surface area contributed by atoms with Gasteiger partial charge in [-0.05, 0) is 203 Å². The Morgan fingerprint density at radius 1 is 0.506 bits per heavy atom. The van der Waals surface area contributed by atoms with Gasteiger partial charge in [0.25, 0.3) is 0 Å². The number of nitrogens with one attached hydrogen (secondary N) is 1. The van der Waals surface area contributed by atoms with Gasteiger partial charge in [-0.1, -0.05) is 158 Å². The van der Waals surface area contributed by atoms with Crippen molar-refractivity contribution in [1.29, 1.82) is 0 Å². The Hall–Kier alpha value is -10.9. The van der Waals surface area contributed by atoms with Gasteiger partial charge >= 0.3 is 0 Å². The minimum atomic E-state index is 0.695. The molecule has 7 aromatic carbocycles. The molecule has 87 heavy (non-hydrogen) atoms. The lowest BCUT2D eigenvalue weighted by atomic mass is 10.1. The molecule has 2 unspecified atom stereocenters. The van der Waals surface area contributed by atoms with Gasteiger partial charge in [0, 0.05) is 56.6 Å². The summed E-state index contributed by atoms with van der Waals surface area (Å²) in [4.78, 5) is 27.1. The van der Waals surface area contributed by atoms with E-state index in [0.717, 1.165) is 117 Å². The summed E-state index contributed by atoms with van der Waals surface area (Å²) in [6.07, 6.45) is 22.8. The van der Waals surface area contributed by atoms with Crippen molar-refractivity contribution >= 4 is 68.2 Å². The van der Waals surface area contributed by atoms with Crippen LogP contribution in [0.2, 0.25) is 0 Å². The normalized spacial score (nSPS) is 14.8. The van der Waals surface area contributed by atoms with Crippen LogP contribution in [-0.4, -0.2) is 25.2 Å². The highest BCUT2D eigenvalue weighted by Gasteiger charge is 2.35. The second kappa shape index (κ2) is 26.3. The maximum atomic E-state index is 5.38. The van der Waals surface area contributed by atoms with Crippen LogP contribution in [0.5, 0.6) is 0 Å². The number of hydrogen-bond acceptors (Lipinski definition) is 8. The van der Waals surface area contributed by atoms with E-state index < -0.39 is 0 Å². The fourth-order valence-corrected chi connectivity index (χ4v) is 11.4. The molecule has 3 aliphatic rings. The van der Waals surface area contributed by atoms with Crippen molar-refractivity contribution in [3.8, 4) is 17.1 Å². The minimum absolute atomic E-state index is 0.695. The van der Waals surface area contributed by atoms with E-state index >= 15 is 0 Å². The molecule has 0 saturated heterocycles. The molecule has 14 rings (SSSR count). The molecule has 4 aromatic heterocycles. The standard InChI is InChI=1S/C49H43N5.C29H24N4/c1-2-3-4-9-29-43-36-38-37-44(34-35-47(38)52(43)39-21-10-5-11-22-39)54(42-27-16-8-17-28-42)48-32-19-18-30-45(50-48)46-31-20-33-49(51-46)53(40-23-12-6-13-24-40)41-25-14-7-15-26-41;1-3-9-24(10-4-1)33(25-11-5-2-6-12-25)29-16-8-14-27(32-29)26-13-7-15-28(31-26)30-23-18-17-21-19-22(21)20-23/h2-3,5-8,10-18,20-28,30-37H,4,9,19,29H2,1H3;1-18,20-22H,19H2,(H,30,31)/b3-2-;. The number of unbranched alkanes of at least 4 members (excludes halogenated alkanes) is 1. The number of pyridine rings is 3. The molecule has 2 aliphatic carbocycles. The molecule has 0 bridgehead atoms. The van der Waals surface area contributed by atoms with E-state index in [1.165, 1.54) is 28.7 Å². The summed E-state index contributed by atoms with van der Waals surface area (Å²) in [5.74, 6) is 4.80. The van der Waals surface area contributed by atoms with E-state index in [9.17, 15) is 0 Å². The third-order valence-corrected chi connectivity index (χ3v) is 15.7. The van der Waals surface area contributed by atoms with Gasteiger partial charge in [0.2, 0.25) is 0 Å². The first kappa shape index (κ1) is 55.3. The predicted octanol–water partition coefficient (Wildman–Crippen LogP) is 19.9. The topological polar surface area (TPSA) is 77.7 Å². The fraction of sp³-hybridized carbons (Fsp3) is 0.103. The van der Waals surface area contributed by atoms with E-state index in [2.05, 4.69) is 250 Å². The van der Waals surface area contributed by atoms with Crippen LogP contribution >= 0.6 is 0 Å². The van der Waals surface area contributed by atoms with E-state index in [1.807, 2.05) is 91.0 Å². The van der Waals surface area contributed by atoms with Gasteiger partial charge in [-0.2, -0.15) is 0 Å². The Morgan fingerprint density at radius 3 is 1.63 bits per heavy atom. The third-order valence-electron chi connectivity index (χ3n) is 15.7. The number of para-hydroxylation sites is 6. The first-order chi connectivity index (χ1) is 43.1. The number of aromatic nitrogens is 4. The maximum absolute atomic E-state index is 5.38. The lowest BCUT2D eigenvalue weighted by Gasteiger charge is -2.26. The average molecular weight is 1130 g/mol. The molecule has 1 fully saturated rings. The second-order valence-corrected chi connectivity index (χ2v) is 21.7. The highest BCUT2D eigenvalue weighted by Crippen LogP contribution is 2.44. The monoisotopic (exact) mass is 1130 g/mol. The molecule has 1 aliphatic heterocycles. The van der Waals surface area contributed by atoms with Crippen LogP contribution in [0.25, 0.3) is 28.0 Å². The molecule has 5 heterocycles. The number of hydrogen-bond donors (Lipinski definition) is 1. The molecule has 0 amide bonds. The van der Waals surface area contributed by atoms with Crippen molar-refractivity contribution in [2.24, 2.45) is 16.8 Å². The zero-order valence-corrected chi connectivity index (χ0v) is 48.7. The fourth-order valence-electron chi connectivity index (χ4n) is 11.4. The third kappa shape index (κ3) is 12.9. The van der Waals surface area contributed by atoms with Gasteiger partial charge in [0.15, 0.2) is 0 Å². The Kier molecular flexibility index (Phi) is 16.7. The van der Waals surface area contributed by atoms with Gasteiger partial charge < -0.3 is 9.88 Å². The van der Waals surface area contributed by atoms with Crippen molar-refractivity contribution in [3.05, 3.63) is 332 Å². The average Bonchev–Trinajstić information content (AvgIpc) is 2.83. The molecule has 424 valence electrons. The summed E-state index contributed by atoms with van der Waals surface area (Å²) < 4.78 is 2.42. The number of anilines is 9. The number of allylic oxidation sites excluding steroid dienone is 8. The number of nitrogens with zero attached hydrogens (tertiary/aromatic N) is 8. The quantitative estimate of drug-likeness (QED) is 0.0677. The molecule has 1 saturated carbocycles. The van der Waals surface area contributed by atoms with Crippen LogP contribution in [0.15, 0.2) is 326 Å². The molecule has 1 N–H and O–H groups in total. The Bertz CT molecular complexity index is 4230. The Labute approximate surface area is 510 Å². The van der Waals surface area contributed by atoms with Crippen LogP contribution in [0.3, 0.4) is 0 Å². The first-order valence-corrected chi connectivity index (χ1v) is 30.1. The highest BCUT2D eigenvalue weighted by atomic mass is 15.2. The zero-order valence-electron chi connectivity index (χ0n) is 48.7. The summed E-state index contributed by atoms with van der Waals surface area (Å²) in [6, 6.07) is 90.1. The molecule has 9 heteroatoms. The summed E-state index contributed by atoms with van der Waals surface area (Å²) >= 11 is 0. The number of benzene rings is 7. The molecule has 2 atom stereocenters. The largest absolute Gasteiger partial charge is 0.340 e. The first-order valence-electron chi connectivity index (χ1n) is 30.1. The molecule has 0 radical (unpaired) electrons. The van der Waals surface area contributed by atoms with Crippen molar-refractivity contribution in [2.45, 2.75) is 39.0 Å². The second-order valence-electron chi connectivity index (χ2n) is 21.7. The summed E-state index contributed by atoms with van der Waals surface area (Å²) in [7, 11) is 0. The maximum Gasteiger partial charge on any atom is 0.138 e. The zero-order chi connectivity index (χ0) is 58.6. The SMILES string of the molecule is C/C=C\CCCc1cc2cc(N(C3=CCC=CC(c4cccc(N(c5ccccc5)c5ccccc5)n4)=N3)c3ccccc3)ccc2n1-c1ccccc1.C1=CC2CC2C=C1Nc1cccc(-c2cccc(N(c3ccccc3)c3ccccc3)n2)n1. The smallest absolute Gasteiger partial charge is 0.138 e. The van der Waals surface area contributed by atoms with Gasteiger partial charge in [-0.25, -0.2) is 19.9 Å². The van der Waals surface area contributed by atoms with Gasteiger partial charge in [0.05, 0.1) is 28.3 Å². The predicted molar refractivity (Wildman–Crippen MR) is 361 cm³/mol. The minimum Gasteiger partial charge on any atom is -0.340 e. The van der Waals surface area contributed by atoms with Crippen LogP contribution in [0.4, 0.5) is 51.6 Å². The summed E-state index contributed by atoms with van der Waals surface area (Å²) in [5, 5.41) is 4.66. The van der Waals surface area contributed by atoms with Crippen LogP contribution in [0.1, 0.15) is 44.0 Å². The molecule has 0 spiro atoms. The lowest BCUT2D eigenvalue weighted by Crippen LogP contribution is -2.17. The lowest BCUT2D eigenvalue weighted by molar-refractivity contribution is 0.800. The van der Waals surface area contributed by atoms with E-state index in [-0.39, 0.29) is 0 Å². The van der Waals surface area contributed by atoms with Crippen molar-refractivity contribution in [3.63, 3.8) is 0 Å². The molecule has 9 nitrogen and oxygen atoms in total. The Morgan fingerprint density at radius 2 is 1.05 bits per heavy atom. The van der Waals surface area contributed by atoms with E-state index in [4.69, 9.17) is 19.9 Å².